The van der Waals surface area contributed by atoms with E-state index >= 15 is 0 Å². The van der Waals surface area contributed by atoms with Gasteiger partial charge in [-0.25, -0.2) is 4.98 Å². The van der Waals surface area contributed by atoms with Crippen molar-refractivity contribution in [3.8, 4) is 33.3 Å². The van der Waals surface area contributed by atoms with Gasteiger partial charge >= 0.3 is 0 Å². The largest absolute Gasteiger partial charge is 0.497 e. The summed E-state index contributed by atoms with van der Waals surface area (Å²) >= 11 is 1.27. The molecule has 8 nitrogen and oxygen atoms in total. The molecule has 0 radical (unpaired) electrons. The number of carbonyl (C=O) groups excluding carboxylic acids is 1. The fraction of sp³-hybridized carbons (Fsp3) is 0.156. The lowest BCUT2D eigenvalue weighted by atomic mass is 9.81. The number of methoxy groups -OCH3 is 1. The number of rotatable bonds is 6. The van der Waals surface area contributed by atoms with Crippen LogP contribution in [0.5, 0.6) is 5.75 Å². The molecule has 0 saturated heterocycles. The summed E-state index contributed by atoms with van der Waals surface area (Å²) in [6.45, 7) is 1.94. The van der Waals surface area contributed by atoms with Crippen molar-refractivity contribution in [2.75, 3.05) is 7.11 Å². The molecule has 5 aromatic rings. The van der Waals surface area contributed by atoms with Crippen molar-refractivity contribution in [2.45, 2.75) is 25.7 Å². The lowest BCUT2D eigenvalue weighted by molar-refractivity contribution is -0.384. The minimum absolute atomic E-state index is 0.0360. The Bertz CT molecular complexity index is 1870. The molecule has 0 spiro atoms. The molecule has 41 heavy (non-hydrogen) atoms. The first-order valence-electron chi connectivity index (χ1n) is 13.1. The summed E-state index contributed by atoms with van der Waals surface area (Å²) < 4.78 is 6.96. The molecule has 204 valence electrons. The average molecular weight is 564 g/mol. The SMILES string of the molecule is COc1ccc([C@@H]2CC(=O)c3cc(-c4nc(-c5cccc([N+](=O)[O-])c5)cs4)c(=O)n(-c4ccccc4C)c3C2)cc1. The Morgan fingerprint density at radius 1 is 0.976 bits per heavy atom. The van der Waals surface area contributed by atoms with Crippen LogP contribution in [0.25, 0.3) is 27.5 Å². The molecule has 0 aliphatic heterocycles. The van der Waals surface area contributed by atoms with Gasteiger partial charge in [0.2, 0.25) is 0 Å². The fourth-order valence-electron chi connectivity index (χ4n) is 5.38. The maximum absolute atomic E-state index is 14.2. The Kier molecular flexibility index (Phi) is 6.80. The van der Waals surface area contributed by atoms with Gasteiger partial charge in [-0.1, -0.05) is 42.5 Å². The number of thiazole rings is 1. The molecule has 0 fully saturated rings. The minimum atomic E-state index is -0.452. The van der Waals surface area contributed by atoms with Crippen LogP contribution < -0.4 is 10.3 Å². The molecule has 0 saturated carbocycles. The fourth-order valence-corrected chi connectivity index (χ4v) is 6.21. The van der Waals surface area contributed by atoms with Crippen LogP contribution in [0, 0.1) is 17.0 Å². The lowest BCUT2D eigenvalue weighted by Crippen LogP contribution is -2.31. The number of non-ortho nitro benzene ring substituents is 1. The number of nitro groups is 1. The van der Waals surface area contributed by atoms with E-state index in [9.17, 15) is 19.7 Å². The number of fused-ring (bicyclic) bond motifs is 1. The third-order valence-electron chi connectivity index (χ3n) is 7.51. The van der Waals surface area contributed by atoms with Gasteiger partial charge in [0.1, 0.15) is 10.8 Å². The van der Waals surface area contributed by atoms with E-state index in [1.165, 1.54) is 23.5 Å². The zero-order valence-corrected chi connectivity index (χ0v) is 23.2. The van der Waals surface area contributed by atoms with E-state index in [2.05, 4.69) is 4.98 Å². The van der Waals surface area contributed by atoms with E-state index in [4.69, 9.17) is 4.74 Å². The summed E-state index contributed by atoms with van der Waals surface area (Å²) in [6.07, 6.45) is 0.843. The summed E-state index contributed by atoms with van der Waals surface area (Å²) in [6, 6.07) is 23.2. The van der Waals surface area contributed by atoms with Gasteiger partial charge in [-0.15, -0.1) is 11.3 Å². The smallest absolute Gasteiger partial charge is 0.270 e. The van der Waals surface area contributed by atoms with E-state index in [-0.39, 0.29) is 22.9 Å². The normalized spacial score (nSPS) is 14.5. The second-order valence-electron chi connectivity index (χ2n) is 9.99. The number of nitro benzene ring substituents is 1. The minimum Gasteiger partial charge on any atom is -0.497 e. The molecular formula is C32H25N3O5S. The van der Waals surface area contributed by atoms with Crippen LogP contribution in [-0.2, 0) is 6.42 Å². The molecule has 0 unspecified atom stereocenters. The standard InChI is InChI=1S/C32H25N3O5S/c1-19-6-3-4-9-28(19)34-29-15-22(20-10-12-24(40-2)13-11-20)16-30(36)25(29)17-26(32(34)37)31-33-27(18-41-31)21-7-5-8-23(14-21)35(38)39/h3-14,17-18,22H,15-16H2,1-2H3/t22-/m0/s1. The third-order valence-corrected chi connectivity index (χ3v) is 8.38. The van der Waals surface area contributed by atoms with Crippen molar-refractivity contribution < 1.29 is 14.5 Å². The van der Waals surface area contributed by atoms with E-state index in [1.807, 2.05) is 55.5 Å². The molecule has 1 aliphatic rings. The molecule has 2 heterocycles. The van der Waals surface area contributed by atoms with Crippen molar-refractivity contribution in [1.82, 2.24) is 9.55 Å². The number of hydrogen-bond donors (Lipinski definition) is 0. The van der Waals surface area contributed by atoms with Crippen molar-refractivity contribution in [3.63, 3.8) is 0 Å². The van der Waals surface area contributed by atoms with Crippen LogP contribution in [0.15, 0.2) is 89.0 Å². The Morgan fingerprint density at radius 2 is 1.76 bits per heavy atom. The van der Waals surface area contributed by atoms with E-state index < -0.39 is 4.92 Å². The number of carbonyl (C=O) groups is 1. The van der Waals surface area contributed by atoms with Crippen molar-refractivity contribution >= 4 is 22.8 Å². The number of hydrogen-bond acceptors (Lipinski definition) is 7. The number of ketones is 1. The van der Waals surface area contributed by atoms with Crippen molar-refractivity contribution in [1.29, 1.82) is 0 Å². The zero-order valence-electron chi connectivity index (χ0n) is 22.4. The zero-order chi connectivity index (χ0) is 28.7. The Labute approximate surface area is 239 Å². The predicted octanol–water partition coefficient (Wildman–Crippen LogP) is 6.77. The van der Waals surface area contributed by atoms with Gasteiger partial charge < -0.3 is 4.74 Å². The number of nitrogens with zero attached hydrogens (tertiary/aromatic N) is 3. The molecule has 9 heteroatoms. The average Bonchev–Trinajstić information content (AvgIpc) is 3.48. The summed E-state index contributed by atoms with van der Waals surface area (Å²) in [4.78, 5) is 43.4. The molecule has 1 aliphatic carbocycles. The Hall–Kier alpha value is -4.89. The first-order chi connectivity index (χ1) is 19.8. The Morgan fingerprint density at radius 3 is 2.49 bits per heavy atom. The molecule has 0 bridgehead atoms. The van der Waals surface area contributed by atoms with Gasteiger partial charge in [-0.05, 0) is 54.7 Å². The highest BCUT2D eigenvalue weighted by Crippen LogP contribution is 2.37. The molecular weight excluding hydrogens is 538 g/mol. The van der Waals surface area contributed by atoms with Gasteiger partial charge in [-0.2, -0.15) is 0 Å². The molecule has 0 amide bonds. The van der Waals surface area contributed by atoms with E-state index in [0.29, 0.717) is 51.6 Å². The number of pyridine rings is 1. The second kappa shape index (κ2) is 10.6. The highest BCUT2D eigenvalue weighted by molar-refractivity contribution is 7.13. The van der Waals surface area contributed by atoms with Crippen LogP contribution in [0.3, 0.4) is 0 Å². The number of Topliss-reactive ketones (excluding diaryl/α,β-unsaturated/α-hetero) is 1. The number of ether oxygens (including phenoxy) is 1. The van der Waals surface area contributed by atoms with Gasteiger partial charge in [0, 0.05) is 40.8 Å². The molecule has 3 aromatic carbocycles. The first kappa shape index (κ1) is 26.3. The highest BCUT2D eigenvalue weighted by Gasteiger charge is 2.31. The van der Waals surface area contributed by atoms with Gasteiger partial charge in [0.25, 0.3) is 11.2 Å². The Balaban J connectivity index is 1.49. The van der Waals surface area contributed by atoms with E-state index in [0.717, 1.165) is 16.9 Å². The van der Waals surface area contributed by atoms with Crippen LogP contribution in [0.1, 0.15) is 39.5 Å². The van der Waals surface area contributed by atoms with Gasteiger partial charge in [0.15, 0.2) is 5.78 Å². The van der Waals surface area contributed by atoms with E-state index in [1.54, 1.807) is 35.3 Å². The lowest BCUT2D eigenvalue weighted by Gasteiger charge is -2.28. The molecule has 0 N–H and O–H groups in total. The third kappa shape index (κ3) is 4.85. The van der Waals surface area contributed by atoms with Crippen molar-refractivity contribution in [2.24, 2.45) is 0 Å². The number of benzene rings is 3. The molecule has 6 rings (SSSR count). The summed E-state index contributed by atoms with van der Waals surface area (Å²) in [5, 5.41) is 13.5. The van der Waals surface area contributed by atoms with Gasteiger partial charge in [0.05, 0.1) is 29.0 Å². The summed E-state index contributed by atoms with van der Waals surface area (Å²) in [7, 11) is 1.61. The number of aryl methyl sites for hydroxylation is 1. The van der Waals surface area contributed by atoms with Crippen LogP contribution in [0.4, 0.5) is 5.69 Å². The van der Waals surface area contributed by atoms with Crippen molar-refractivity contribution in [3.05, 3.63) is 127 Å². The van der Waals surface area contributed by atoms with Crippen LogP contribution >= 0.6 is 11.3 Å². The molecule has 2 aromatic heterocycles. The maximum Gasteiger partial charge on any atom is 0.270 e. The maximum atomic E-state index is 14.2. The number of aromatic nitrogens is 2. The summed E-state index contributed by atoms with van der Waals surface area (Å²) in [5.74, 6) is 0.624. The first-order valence-corrected chi connectivity index (χ1v) is 13.9. The highest BCUT2D eigenvalue weighted by atomic mass is 32.1. The monoisotopic (exact) mass is 563 g/mol. The van der Waals surface area contributed by atoms with Crippen LogP contribution in [0.2, 0.25) is 0 Å². The van der Waals surface area contributed by atoms with Crippen LogP contribution in [-0.4, -0.2) is 27.4 Å². The number of para-hydroxylation sites is 1. The predicted molar refractivity (Wildman–Crippen MR) is 158 cm³/mol. The summed E-state index contributed by atoms with van der Waals surface area (Å²) in [5.41, 5.74) is 4.96. The molecule has 1 atom stereocenters. The topological polar surface area (TPSA) is 104 Å². The van der Waals surface area contributed by atoms with Gasteiger partial charge in [-0.3, -0.25) is 24.3 Å². The quantitative estimate of drug-likeness (QED) is 0.167. The second-order valence-corrected chi connectivity index (χ2v) is 10.9.